The zero-order chi connectivity index (χ0) is 30.1. The molecule has 3 heterocycles. The van der Waals surface area contributed by atoms with Crippen molar-refractivity contribution in [3.05, 3.63) is 123 Å². The fraction of sp³-hybridized carbons (Fsp3) is 0.167. The summed E-state index contributed by atoms with van der Waals surface area (Å²) < 4.78 is 52.6. The van der Waals surface area contributed by atoms with Gasteiger partial charge in [-0.25, -0.2) is 22.5 Å². The van der Waals surface area contributed by atoms with E-state index in [-0.39, 0.29) is 22.6 Å². The summed E-state index contributed by atoms with van der Waals surface area (Å²) in [5.41, 5.74) is -0.845. The van der Waals surface area contributed by atoms with E-state index in [1.807, 2.05) is 0 Å². The van der Waals surface area contributed by atoms with Crippen LogP contribution in [0.1, 0.15) is 35.8 Å². The molecular weight excluding hydrogens is 551 g/mol. The van der Waals surface area contributed by atoms with Gasteiger partial charge >= 0.3 is 5.69 Å². The van der Waals surface area contributed by atoms with Crippen molar-refractivity contribution in [3.8, 4) is 28.4 Å². The first-order valence-electron chi connectivity index (χ1n) is 12.8. The Morgan fingerprint density at radius 2 is 1.67 bits per heavy atom. The van der Waals surface area contributed by atoms with Crippen molar-refractivity contribution in [1.29, 1.82) is 0 Å². The molecule has 0 aliphatic rings. The van der Waals surface area contributed by atoms with Crippen LogP contribution in [0.2, 0.25) is 0 Å². The van der Waals surface area contributed by atoms with Crippen molar-refractivity contribution in [3.63, 3.8) is 0 Å². The number of rotatable bonds is 8. The Morgan fingerprint density at radius 1 is 0.976 bits per heavy atom. The van der Waals surface area contributed by atoms with Crippen LogP contribution >= 0.6 is 0 Å². The van der Waals surface area contributed by atoms with Gasteiger partial charge in [-0.15, -0.1) is 0 Å². The molecule has 0 aliphatic heterocycles. The maximum absolute atomic E-state index is 15.0. The summed E-state index contributed by atoms with van der Waals surface area (Å²) in [6.45, 7) is 3.36. The van der Waals surface area contributed by atoms with E-state index in [4.69, 9.17) is 4.74 Å². The molecule has 0 aliphatic carbocycles. The minimum atomic E-state index is -1.06. The standard InChI is InChI=1S/C30H24F3N5O4/c1-17(2)37-16-23(29(40)38(30(37)41)21-6-4-20(31)5-7-21)27(39)12-18-10-24(32)28(25(33)11-18)42-22-8-9-34-26(13-22)19-14-35-36(3)15-19/h4-11,13-17H,12H2,1-3H3. The highest BCUT2D eigenvalue weighted by molar-refractivity contribution is 5.97. The average Bonchev–Trinajstić information content (AvgIpc) is 3.38. The van der Waals surface area contributed by atoms with Crippen LogP contribution in [0.15, 0.2) is 82.9 Å². The van der Waals surface area contributed by atoms with Gasteiger partial charge < -0.3 is 4.74 Å². The molecule has 0 atom stereocenters. The molecule has 0 saturated heterocycles. The number of pyridine rings is 1. The number of benzene rings is 2. The third kappa shape index (κ3) is 5.64. The maximum atomic E-state index is 15.0. The number of hydrogen-bond acceptors (Lipinski definition) is 6. The summed E-state index contributed by atoms with van der Waals surface area (Å²) in [6.07, 6.45) is 5.33. The number of aromatic nitrogens is 5. The van der Waals surface area contributed by atoms with E-state index in [1.54, 1.807) is 38.0 Å². The monoisotopic (exact) mass is 575 g/mol. The van der Waals surface area contributed by atoms with Gasteiger partial charge in [0.25, 0.3) is 5.56 Å². The molecule has 9 nitrogen and oxygen atoms in total. The minimum absolute atomic E-state index is 0.0526. The second kappa shape index (κ2) is 11.3. The lowest BCUT2D eigenvalue weighted by atomic mass is 10.0. The van der Waals surface area contributed by atoms with E-state index in [2.05, 4.69) is 10.1 Å². The van der Waals surface area contributed by atoms with Gasteiger partial charge in [0, 0.05) is 49.7 Å². The van der Waals surface area contributed by atoms with E-state index in [1.165, 1.54) is 35.0 Å². The van der Waals surface area contributed by atoms with Crippen LogP contribution in [0.3, 0.4) is 0 Å². The van der Waals surface area contributed by atoms with Crippen LogP contribution in [-0.2, 0) is 13.5 Å². The van der Waals surface area contributed by atoms with Crippen LogP contribution in [0.4, 0.5) is 13.2 Å². The van der Waals surface area contributed by atoms with Crippen molar-refractivity contribution in [2.75, 3.05) is 0 Å². The largest absolute Gasteiger partial charge is 0.451 e. The molecular formula is C30H24F3N5O4. The molecule has 5 aromatic rings. The van der Waals surface area contributed by atoms with Crippen LogP contribution < -0.4 is 16.0 Å². The number of carbonyl (C=O) groups excluding carboxylic acids is 1. The van der Waals surface area contributed by atoms with Gasteiger partial charge in [0.05, 0.1) is 17.6 Å². The Morgan fingerprint density at radius 3 is 2.29 bits per heavy atom. The van der Waals surface area contributed by atoms with Gasteiger partial charge in [-0.3, -0.25) is 23.8 Å². The SMILES string of the molecule is CC(C)n1cc(C(=O)Cc2cc(F)c(Oc3ccnc(-c4cnn(C)c4)c3)c(F)c2)c(=O)n(-c2ccc(F)cc2)c1=O. The Balaban J connectivity index is 1.44. The highest BCUT2D eigenvalue weighted by Crippen LogP contribution is 2.30. The number of ketones is 1. The summed E-state index contributed by atoms with van der Waals surface area (Å²) in [6, 6.07) is 9.02. The smallest absolute Gasteiger partial charge is 0.335 e. The van der Waals surface area contributed by atoms with Crippen LogP contribution in [0, 0.1) is 17.5 Å². The summed E-state index contributed by atoms with van der Waals surface area (Å²) >= 11 is 0. The Hall–Kier alpha value is -5.26. The summed E-state index contributed by atoms with van der Waals surface area (Å²) in [5, 5.41) is 4.07. The normalized spacial score (nSPS) is 11.2. The Kier molecular flexibility index (Phi) is 7.62. The molecule has 0 fully saturated rings. The first-order valence-corrected chi connectivity index (χ1v) is 12.8. The van der Waals surface area contributed by atoms with Gasteiger partial charge in [-0.1, -0.05) is 0 Å². The number of Topliss-reactive ketones (excluding diaryl/α,β-unsaturated/α-hetero) is 1. The quantitative estimate of drug-likeness (QED) is 0.241. The molecule has 5 rings (SSSR count). The number of nitrogens with zero attached hydrogens (tertiary/aromatic N) is 5. The van der Waals surface area contributed by atoms with E-state index >= 15 is 8.78 Å². The van der Waals surface area contributed by atoms with Crippen molar-refractivity contribution in [2.24, 2.45) is 7.05 Å². The van der Waals surface area contributed by atoms with Crippen molar-refractivity contribution < 1.29 is 22.7 Å². The van der Waals surface area contributed by atoms with Gasteiger partial charge in [-0.05, 0) is 61.9 Å². The second-order valence-electron chi connectivity index (χ2n) is 9.81. The van der Waals surface area contributed by atoms with E-state index in [0.717, 1.165) is 35.0 Å². The summed E-state index contributed by atoms with van der Waals surface area (Å²) in [4.78, 5) is 43.8. The Bertz CT molecular complexity index is 1900. The molecule has 214 valence electrons. The second-order valence-corrected chi connectivity index (χ2v) is 9.81. The van der Waals surface area contributed by atoms with Crippen LogP contribution in [0.25, 0.3) is 16.9 Å². The summed E-state index contributed by atoms with van der Waals surface area (Å²) in [7, 11) is 1.74. The number of halogens is 3. The molecule has 0 bridgehead atoms. The van der Waals surface area contributed by atoms with E-state index in [0.29, 0.717) is 11.3 Å². The number of ether oxygens (including phenoxy) is 1. The zero-order valence-corrected chi connectivity index (χ0v) is 22.7. The third-order valence-electron chi connectivity index (χ3n) is 6.43. The van der Waals surface area contributed by atoms with E-state index in [9.17, 15) is 18.8 Å². The predicted octanol–water partition coefficient (Wildman–Crippen LogP) is 5.01. The molecule has 2 aromatic carbocycles. The molecule has 3 aromatic heterocycles. The van der Waals surface area contributed by atoms with Gasteiger partial charge in [0.2, 0.25) is 0 Å². The first kappa shape index (κ1) is 28.3. The number of hydrogen-bond donors (Lipinski definition) is 0. The average molecular weight is 576 g/mol. The lowest BCUT2D eigenvalue weighted by Gasteiger charge is -2.15. The third-order valence-corrected chi connectivity index (χ3v) is 6.43. The zero-order valence-electron chi connectivity index (χ0n) is 22.7. The van der Waals surface area contributed by atoms with Crippen LogP contribution in [0.5, 0.6) is 11.5 Å². The molecule has 42 heavy (non-hydrogen) atoms. The number of aryl methyl sites for hydroxylation is 1. The minimum Gasteiger partial charge on any atom is -0.451 e. The molecule has 0 N–H and O–H groups in total. The van der Waals surface area contributed by atoms with Crippen molar-refractivity contribution in [2.45, 2.75) is 26.3 Å². The molecule has 0 spiro atoms. The maximum Gasteiger partial charge on any atom is 0.335 e. The van der Waals surface area contributed by atoms with Crippen molar-refractivity contribution >= 4 is 5.78 Å². The van der Waals surface area contributed by atoms with Crippen molar-refractivity contribution in [1.82, 2.24) is 23.9 Å². The highest BCUT2D eigenvalue weighted by atomic mass is 19.1. The fourth-order valence-electron chi connectivity index (χ4n) is 4.35. The number of carbonyl (C=O) groups is 1. The first-order chi connectivity index (χ1) is 20.0. The van der Waals surface area contributed by atoms with Gasteiger partial charge in [0.1, 0.15) is 17.1 Å². The summed E-state index contributed by atoms with van der Waals surface area (Å²) in [5.74, 6) is -4.02. The van der Waals surface area contributed by atoms with Gasteiger partial charge in [0.15, 0.2) is 23.2 Å². The van der Waals surface area contributed by atoms with Gasteiger partial charge in [-0.2, -0.15) is 5.10 Å². The highest BCUT2D eigenvalue weighted by Gasteiger charge is 2.22. The fourth-order valence-corrected chi connectivity index (χ4v) is 4.35. The lowest BCUT2D eigenvalue weighted by molar-refractivity contribution is 0.0990. The lowest BCUT2D eigenvalue weighted by Crippen LogP contribution is -2.42. The molecule has 0 amide bonds. The van der Waals surface area contributed by atoms with Crippen LogP contribution in [-0.4, -0.2) is 29.7 Å². The Labute approximate surface area is 237 Å². The molecule has 12 heteroatoms. The molecule has 0 saturated carbocycles. The topological polar surface area (TPSA) is 101 Å². The molecule has 0 radical (unpaired) electrons. The predicted molar refractivity (Wildman–Crippen MR) is 148 cm³/mol. The molecule has 0 unspecified atom stereocenters. The van der Waals surface area contributed by atoms with E-state index < -0.39 is 52.7 Å².